The predicted molar refractivity (Wildman–Crippen MR) is 77.0 cm³/mol. The fourth-order valence-corrected chi connectivity index (χ4v) is 3.02. The number of aromatic nitrogens is 4. The van der Waals surface area contributed by atoms with E-state index < -0.39 is 0 Å². The van der Waals surface area contributed by atoms with Crippen molar-refractivity contribution >= 4 is 0 Å². The van der Waals surface area contributed by atoms with Crippen molar-refractivity contribution in [2.75, 3.05) is 13.1 Å². The van der Waals surface area contributed by atoms with Gasteiger partial charge in [-0.15, -0.1) is 0 Å². The third kappa shape index (κ3) is 3.04. The van der Waals surface area contributed by atoms with Crippen molar-refractivity contribution in [2.24, 2.45) is 5.92 Å². The summed E-state index contributed by atoms with van der Waals surface area (Å²) in [5, 5.41) is 4.22. The van der Waals surface area contributed by atoms with Gasteiger partial charge < -0.3 is 0 Å². The Morgan fingerprint density at radius 3 is 3.10 bits per heavy atom. The van der Waals surface area contributed by atoms with E-state index in [4.69, 9.17) is 0 Å². The summed E-state index contributed by atoms with van der Waals surface area (Å²) in [5.74, 6) is 0.657. The number of piperidine rings is 1. The molecule has 2 aromatic heterocycles. The summed E-state index contributed by atoms with van der Waals surface area (Å²) in [6.45, 7) is 5.53. The number of nitrogens with zero attached hydrogens (tertiary/aromatic N) is 5. The van der Waals surface area contributed by atoms with Crippen LogP contribution in [0.4, 0.5) is 0 Å². The molecule has 1 aliphatic heterocycles. The smallest absolute Gasteiger partial charge is 0.137 e. The van der Waals surface area contributed by atoms with E-state index in [1.807, 2.05) is 29.5 Å². The van der Waals surface area contributed by atoms with Crippen LogP contribution in [0.15, 0.2) is 37.2 Å². The number of pyridine rings is 1. The van der Waals surface area contributed by atoms with Gasteiger partial charge in [-0.05, 0) is 43.9 Å². The van der Waals surface area contributed by atoms with Gasteiger partial charge in [0.2, 0.25) is 0 Å². The molecule has 0 radical (unpaired) electrons. The van der Waals surface area contributed by atoms with E-state index in [0.29, 0.717) is 12.0 Å². The molecule has 1 fully saturated rings. The molecule has 0 aliphatic carbocycles. The first kappa shape index (κ1) is 13.2. The Labute approximate surface area is 119 Å². The van der Waals surface area contributed by atoms with E-state index in [2.05, 4.69) is 33.0 Å². The van der Waals surface area contributed by atoms with Crippen LogP contribution in [0.5, 0.6) is 0 Å². The topological polar surface area (TPSA) is 46.8 Å². The van der Waals surface area contributed by atoms with Crippen molar-refractivity contribution in [3.05, 3.63) is 42.7 Å². The van der Waals surface area contributed by atoms with Crippen molar-refractivity contribution in [3.63, 3.8) is 0 Å². The highest BCUT2D eigenvalue weighted by molar-refractivity contribution is 5.13. The summed E-state index contributed by atoms with van der Waals surface area (Å²) >= 11 is 0. The van der Waals surface area contributed by atoms with E-state index >= 15 is 0 Å². The molecule has 5 nitrogen and oxygen atoms in total. The van der Waals surface area contributed by atoms with Crippen LogP contribution in [0.3, 0.4) is 0 Å². The van der Waals surface area contributed by atoms with E-state index in [0.717, 1.165) is 13.1 Å². The van der Waals surface area contributed by atoms with Gasteiger partial charge in [0.15, 0.2) is 0 Å². The average molecular weight is 271 g/mol. The van der Waals surface area contributed by atoms with Gasteiger partial charge in [0.1, 0.15) is 12.7 Å². The highest BCUT2D eigenvalue weighted by atomic mass is 15.3. The molecule has 2 unspecified atom stereocenters. The fourth-order valence-electron chi connectivity index (χ4n) is 3.02. The molecule has 20 heavy (non-hydrogen) atoms. The summed E-state index contributed by atoms with van der Waals surface area (Å²) < 4.78 is 1.95. The lowest BCUT2D eigenvalue weighted by atomic mass is 9.95. The molecule has 2 aromatic rings. The minimum atomic E-state index is 0.433. The number of rotatable bonds is 4. The normalized spacial score (nSPS) is 21.8. The Balaban J connectivity index is 1.63. The number of hydrogen-bond acceptors (Lipinski definition) is 4. The van der Waals surface area contributed by atoms with E-state index in [1.165, 1.54) is 24.9 Å². The highest BCUT2D eigenvalue weighted by Gasteiger charge is 2.24. The Morgan fingerprint density at radius 2 is 2.35 bits per heavy atom. The molecule has 106 valence electrons. The first-order valence-corrected chi connectivity index (χ1v) is 7.29. The van der Waals surface area contributed by atoms with Crippen molar-refractivity contribution in [1.82, 2.24) is 24.6 Å². The molecule has 0 bridgehead atoms. The van der Waals surface area contributed by atoms with E-state index in [-0.39, 0.29) is 0 Å². The predicted octanol–water partition coefficient (Wildman–Crippen LogP) is 2.15. The lowest BCUT2D eigenvalue weighted by Gasteiger charge is -2.36. The SMILES string of the molecule is CC(c1cccnc1)N1CCCC(Cn2cncn2)C1. The van der Waals surface area contributed by atoms with Crippen molar-refractivity contribution < 1.29 is 0 Å². The van der Waals surface area contributed by atoms with Gasteiger partial charge in [-0.3, -0.25) is 14.6 Å². The van der Waals surface area contributed by atoms with Crippen LogP contribution >= 0.6 is 0 Å². The monoisotopic (exact) mass is 271 g/mol. The molecule has 3 heterocycles. The molecule has 1 saturated heterocycles. The van der Waals surface area contributed by atoms with Crippen LogP contribution in [-0.2, 0) is 6.54 Å². The molecule has 0 aromatic carbocycles. The van der Waals surface area contributed by atoms with Gasteiger partial charge in [-0.1, -0.05) is 6.07 Å². The summed E-state index contributed by atoms with van der Waals surface area (Å²) in [4.78, 5) is 10.8. The Kier molecular flexibility index (Phi) is 4.06. The number of likely N-dealkylation sites (tertiary alicyclic amines) is 1. The second-order valence-electron chi connectivity index (χ2n) is 5.58. The summed E-state index contributed by atoms with van der Waals surface area (Å²) in [6.07, 6.45) is 9.76. The maximum atomic E-state index is 4.23. The maximum absolute atomic E-state index is 4.23. The van der Waals surface area contributed by atoms with Crippen molar-refractivity contribution in [2.45, 2.75) is 32.4 Å². The Hall–Kier alpha value is -1.75. The van der Waals surface area contributed by atoms with Crippen molar-refractivity contribution in [3.8, 4) is 0 Å². The summed E-state index contributed by atoms with van der Waals surface area (Å²) in [5.41, 5.74) is 1.30. The van der Waals surface area contributed by atoms with Crippen LogP contribution in [-0.4, -0.2) is 37.7 Å². The largest absolute Gasteiger partial charge is 0.296 e. The lowest BCUT2D eigenvalue weighted by molar-refractivity contribution is 0.120. The molecule has 2 atom stereocenters. The Morgan fingerprint density at radius 1 is 1.40 bits per heavy atom. The van der Waals surface area contributed by atoms with Gasteiger partial charge in [-0.25, -0.2) is 4.98 Å². The average Bonchev–Trinajstić information content (AvgIpc) is 3.01. The fraction of sp³-hybridized carbons (Fsp3) is 0.533. The van der Waals surface area contributed by atoms with Crippen LogP contribution in [0.1, 0.15) is 31.4 Å². The minimum absolute atomic E-state index is 0.433. The first-order chi connectivity index (χ1) is 9.83. The third-order valence-corrected chi connectivity index (χ3v) is 4.18. The molecule has 0 N–H and O–H groups in total. The van der Waals surface area contributed by atoms with Gasteiger partial charge in [0.25, 0.3) is 0 Å². The van der Waals surface area contributed by atoms with E-state index in [1.54, 1.807) is 6.33 Å². The van der Waals surface area contributed by atoms with Crippen LogP contribution in [0.2, 0.25) is 0 Å². The standard InChI is InChI=1S/C15H21N5/c1-13(15-5-2-6-16-8-15)19-7-3-4-14(9-19)10-20-12-17-11-18-20/h2,5-6,8,11-14H,3-4,7,9-10H2,1H3. The summed E-state index contributed by atoms with van der Waals surface area (Å²) in [6, 6.07) is 4.61. The second kappa shape index (κ2) is 6.13. The second-order valence-corrected chi connectivity index (χ2v) is 5.58. The van der Waals surface area contributed by atoms with Crippen LogP contribution in [0, 0.1) is 5.92 Å². The molecule has 5 heteroatoms. The zero-order chi connectivity index (χ0) is 13.8. The quantitative estimate of drug-likeness (QED) is 0.855. The van der Waals surface area contributed by atoms with Crippen LogP contribution < -0.4 is 0 Å². The highest BCUT2D eigenvalue weighted by Crippen LogP contribution is 2.26. The number of hydrogen-bond donors (Lipinski definition) is 0. The third-order valence-electron chi connectivity index (χ3n) is 4.18. The molecule has 3 rings (SSSR count). The van der Waals surface area contributed by atoms with Gasteiger partial charge >= 0.3 is 0 Å². The van der Waals surface area contributed by atoms with Gasteiger partial charge in [0, 0.05) is 31.5 Å². The Bertz CT molecular complexity index is 510. The van der Waals surface area contributed by atoms with Gasteiger partial charge in [0.05, 0.1) is 0 Å². The summed E-state index contributed by atoms with van der Waals surface area (Å²) in [7, 11) is 0. The molecular weight excluding hydrogens is 250 g/mol. The zero-order valence-corrected chi connectivity index (χ0v) is 11.9. The van der Waals surface area contributed by atoms with Gasteiger partial charge in [-0.2, -0.15) is 5.10 Å². The molecule has 0 amide bonds. The maximum Gasteiger partial charge on any atom is 0.137 e. The van der Waals surface area contributed by atoms with Crippen LogP contribution in [0.25, 0.3) is 0 Å². The molecule has 1 aliphatic rings. The van der Waals surface area contributed by atoms with E-state index in [9.17, 15) is 0 Å². The molecule has 0 spiro atoms. The molecular formula is C15H21N5. The molecule has 0 saturated carbocycles. The zero-order valence-electron chi connectivity index (χ0n) is 11.9. The van der Waals surface area contributed by atoms with Crippen molar-refractivity contribution in [1.29, 1.82) is 0 Å². The minimum Gasteiger partial charge on any atom is -0.296 e. The first-order valence-electron chi connectivity index (χ1n) is 7.29. The lowest BCUT2D eigenvalue weighted by Crippen LogP contribution is -2.38.